The fraction of sp³-hybridized carbons (Fsp3) is 0.250. The van der Waals surface area contributed by atoms with E-state index in [0.717, 1.165) is 12.1 Å². The van der Waals surface area contributed by atoms with Crippen molar-refractivity contribution >= 4 is 0 Å². The molecule has 0 spiro atoms. The SMILES string of the molecule is [CH2]OCCc1ccccn1. The minimum Gasteiger partial charge on any atom is -0.379 e. The summed E-state index contributed by atoms with van der Waals surface area (Å²) in [6, 6.07) is 5.83. The highest BCUT2D eigenvalue weighted by Crippen LogP contribution is 1.93. The molecule has 0 fully saturated rings. The van der Waals surface area contributed by atoms with E-state index in [4.69, 9.17) is 0 Å². The number of hydrogen-bond acceptors (Lipinski definition) is 2. The van der Waals surface area contributed by atoms with Crippen molar-refractivity contribution in [3.8, 4) is 0 Å². The molecule has 1 radical (unpaired) electrons. The molecule has 53 valence electrons. The Morgan fingerprint density at radius 1 is 1.50 bits per heavy atom. The van der Waals surface area contributed by atoms with Gasteiger partial charge in [-0.1, -0.05) is 6.07 Å². The Bertz CT molecular complexity index is 174. The van der Waals surface area contributed by atoms with Crippen LogP contribution < -0.4 is 0 Å². The highest BCUT2D eigenvalue weighted by atomic mass is 16.5. The molecule has 0 atom stereocenters. The number of rotatable bonds is 3. The summed E-state index contributed by atoms with van der Waals surface area (Å²) in [6.07, 6.45) is 2.61. The van der Waals surface area contributed by atoms with Gasteiger partial charge >= 0.3 is 0 Å². The molecule has 0 unspecified atom stereocenters. The summed E-state index contributed by atoms with van der Waals surface area (Å²) < 4.78 is 4.66. The summed E-state index contributed by atoms with van der Waals surface area (Å²) >= 11 is 0. The van der Waals surface area contributed by atoms with E-state index in [1.54, 1.807) is 6.20 Å². The zero-order valence-corrected chi connectivity index (χ0v) is 5.79. The molecule has 0 saturated heterocycles. The molecular weight excluding hydrogens is 126 g/mol. The fourth-order valence-corrected chi connectivity index (χ4v) is 0.723. The van der Waals surface area contributed by atoms with Crippen LogP contribution in [0.4, 0.5) is 0 Å². The maximum absolute atomic E-state index is 4.66. The first kappa shape index (κ1) is 7.22. The van der Waals surface area contributed by atoms with Gasteiger partial charge in [0.25, 0.3) is 0 Å². The Kier molecular flexibility index (Phi) is 2.90. The molecule has 1 rings (SSSR count). The Morgan fingerprint density at radius 3 is 3.00 bits per heavy atom. The quantitative estimate of drug-likeness (QED) is 0.627. The Hall–Kier alpha value is -0.890. The van der Waals surface area contributed by atoms with Gasteiger partial charge in [0, 0.05) is 18.3 Å². The number of nitrogens with zero attached hydrogens (tertiary/aromatic N) is 1. The van der Waals surface area contributed by atoms with Crippen molar-refractivity contribution < 1.29 is 4.74 Å². The van der Waals surface area contributed by atoms with Crippen molar-refractivity contribution in [2.75, 3.05) is 6.61 Å². The molecular formula is C8H10NO. The molecule has 0 bridgehead atoms. The third-order valence-electron chi connectivity index (χ3n) is 1.23. The lowest BCUT2D eigenvalue weighted by Crippen LogP contribution is -1.94. The van der Waals surface area contributed by atoms with E-state index < -0.39 is 0 Å². The first-order valence-corrected chi connectivity index (χ1v) is 3.20. The lowest BCUT2D eigenvalue weighted by molar-refractivity contribution is 0.245. The van der Waals surface area contributed by atoms with Crippen LogP contribution in [-0.2, 0) is 11.2 Å². The first-order chi connectivity index (χ1) is 4.93. The number of hydrogen-bond donors (Lipinski definition) is 0. The topological polar surface area (TPSA) is 22.1 Å². The van der Waals surface area contributed by atoms with Crippen LogP contribution >= 0.6 is 0 Å². The van der Waals surface area contributed by atoms with Crippen LogP contribution in [0.2, 0.25) is 0 Å². The van der Waals surface area contributed by atoms with E-state index in [1.807, 2.05) is 18.2 Å². The van der Waals surface area contributed by atoms with Crippen molar-refractivity contribution in [3.05, 3.63) is 37.2 Å². The third kappa shape index (κ3) is 2.15. The van der Waals surface area contributed by atoms with E-state index in [1.165, 1.54) is 0 Å². The Morgan fingerprint density at radius 2 is 2.40 bits per heavy atom. The van der Waals surface area contributed by atoms with Crippen molar-refractivity contribution in [1.82, 2.24) is 4.98 Å². The zero-order chi connectivity index (χ0) is 7.23. The van der Waals surface area contributed by atoms with Crippen molar-refractivity contribution in [1.29, 1.82) is 0 Å². The van der Waals surface area contributed by atoms with Gasteiger partial charge < -0.3 is 4.74 Å². The number of ether oxygens (including phenoxy) is 1. The molecule has 0 aliphatic heterocycles. The molecule has 1 heterocycles. The summed E-state index contributed by atoms with van der Waals surface area (Å²) in [5.41, 5.74) is 1.05. The van der Waals surface area contributed by atoms with Gasteiger partial charge in [-0.3, -0.25) is 4.98 Å². The summed E-state index contributed by atoms with van der Waals surface area (Å²) in [6.45, 7) is 0.636. The third-order valence-corrected chi connectivity index (χ3v) is 1.23. The normalized spacial score (nSPS) is 9.70. The van der Waals surface area contributed by atoms with Crippen LogP contribution in [0.25, 0.3) is 0 Å². The molecule has 1 aromatic rings. The van der Waals surface area contributed by atoms with Gasteiger partial charge in [0.1, 0.15) is 0 Å². The minimum atomic E-state index is 0.636. The standard InChI is InChI=1S/C8H10NO/c1-10-7-5-8-4-2-3-6-9-8/h2-4,6H,1,5,7H2. The molecule has 0 amide bonds. The largest absolute Gasteiger partial charge is 0.379 e. The van der Waals surface area contributed by atoms with Crippen molar-refractivity contribution in [2.24, 2.45) is 0 Å². The summed E-state index contributed by atoms with van der Waals surface area (Å²) in [4.78, 5) is 4.11. The smallest absolute Gasteiger partial charge is 0.0700 e. The number of aromatic nitrogens is 1. The molecule has 0 aliphatic rings. The van der Waals surface area contributed by atoms with Crippen LogP contribution in [0.15, 0.2) is 24.4 Å². The fourth-order valence-electron chi connectivity index (χ4n) is 0.723. The van der Waals surface area contributed by atoms with Gasteiger partial charge in [0.05, 0.1) is 13.7 Å². The molecule has 0 N–H and O–H groups in total. The summed E-state index contributed by atoms with van der Waals surface area (Å²) in [7, 11) is 3.27. The highest BCUT2D eigenvalue weighted by Gasteiger charge is 1.89. The molecule has 2 nitrogen and oxygen atoms in total. The van der Waals surface area contributed by atoms with Crippen LogP contribution in [0.3, 0.4) is 0 Å². The van der Waals surface area contributed by atoms with Crippen LogP contribution in [-0.4, -0.2) is 11.6 Å². The van der Waals surface area contributed by atoms with E-state index in [0.29, 0.717) is 6.61 Å². The molecule has 0 aromatic carbocycles. The zero-order valence-electron chi connectivity index (χ0n) is 5.79. The molecule has 1 aromatic heterocycles. The highest BCUT2D eigenvalue weighted by molar-refractivity contribution is 5.03. The van der Waals surface area contributed by atoms with E-state index in [2.05, 4.69) is 16.8 Å². The average Bonchev–Trinajstić information content (AvgIpc) is 2.03. The predicted octanol–water partition coefficient (Wildman–Crippen LogP) is 1.43. The lowest BCUT2D eigenvalue weighted by Gasteiger charge is -1.96. The maximum atomic E-state index is 4.66. The minimum absolute atomic E-state index is 0.636. The molecule has 10 heavy (non-hydrogen) atoms. The van der Waals surface area contributed by atoms with Crippen molar-refractivity contribution in [2.45, 2.75) is 6.42 Å². The Labute approximate surface area is 60.9 Å². The van der Waals surface area contributed by atoms with Crippen LogP contribution in [0, 0.1) is 7.11 Å². The van der Waals surface area contributed by atoms with Gasteiger partial charge in [0.15, 0.2) is 0 Å². The van der Waals surface area contributed by atoms with Gasteiger partial charge in [0.2, 0.25) is 0 Å². The molecule has 0 aliphatic carbocycles. The van der Waals surface area contributed by atoms with Gasteiger partial charge in [-0.05, 0) is 12.1 Å². The second-order valence-electron chi connectivity index (χ2n) is 1.98. The number of pyridine rings is 1. The second-order valence-corrected chi connectivity index (χ2v) is 1.98. The first-order valence-electron chi connectivity index (χ1n) is 3.20. The van der Waals surface area contributed by atoms with Gasteiger partial charge in [-0.25, -0.2) is 0 Å². The van der Waals surface area contributed by atoms with Crippen LogP contribution in [0.5, 0.6) is 0 Å². The predicted molar refractivity (Wildman–Crippen MR) is 39.3 cm³/mol. The monoisotopic (exact) mass is 136 g/mol. The van der Waals surface area contributed by atoms with Gasteiger partial charge in [-0.2, -0.15) is 0 Å². The van der Waals surface area contributed by atoms with Gasteiger partial charge in [-0.15, -0.1) is 0 Å². The van der Waals surface area contributed by atoms with Crippen molar-refractivity contribution in [3.63, 3.8) is 0 Å². The Balaban J connectivity index is 2.43. The molecule has 0 saturated carbocycles. The summed E-state index contributed by atoms with van der Waals surface area (Å²) in [5, 5.41) is 0. The van der Waals surface area contributed by atoms with E-state index >= 15 is 0 Å². The van der Waals surface area contributed by atoms with Crippen LogP contribution in [0.1, 0.15) is 5.69 Å². The van der Waals surface area contributed by atoms with E-state index in [-0.39, 0.29) is 0 Å². The summed E-state index contributed by atoms with van der Waals surface area (Å²) in [5.74, 6) is 0. The average molecular weight is 136 g/mol. The van der Waals surface area contributed by atoms with E-state index in [9.17, 15) is 0 Å². The lowest BCUT2D eigenvalue weighted by atomic mass is 10.3. The molecule has 2 heteroatoms. The second kappa shape index (κ2) is 4.01. The maximum Gasteiger partial charge on any atom is 0.0700 e.